The van der Waals surface area contributed by atoms with Crippen LogP contribution in [0.4, 0.5) is 5.69 Å². The summed E-state index contributed by atoms with van der Waals surface area (Å²) in [6, 6.07) is 6.79. The zero-order valence-electron chi connectivity index (χ0n) is 13.0. The number of benzene rings is 1. The Balaban J connectivity index is 2.02. The molecule has 0 aliphatic rings. The topological polar surface area (TPSA) is 77.1 Å². The molecule has 3 aromatic rings. The number of imidazole rings is 1. The fraction of sp³-hybridized carbons (Fsp3) is 0.235. The third-order valence-corrected chi connectivity index (χ3v) is 3.55. The van der Waals surface area contributed by atoms with Crippen LogP contribution in [0.2, 0.25) is 0 Å². The van der Waals surface area contributed by atoms with E-state index in [0.717, 1.165) is 23.1 Å². The summed E-state index contributed by atoms with van der Waals surface area (Å²) in [6.45, 7) is 4.01. The van der Waals surface area contributed by atoms with Crippen molar-refractivity contribution in [3.63, 3.8) is 0 Å². The summed E-state index contributed by atoms with van der Waals surface area (Å²) in [4.78, 5) is 27.2. The number of aromatic nitrogens is 2. The predicted octanol–water partition coefficient (Wildman–Crippen LogP) is 2.56. The molecule has 23 heavy (non-hydrogen) atoms. The molecule has 6 heteroatoms. The normalized spacial score (nSPS) is 10.9. The second-order valence-corrected chi connectivity index (χ2v) is 5.37. The van der Waals surface area contributed by atoms with Crippen LogP contribution in [0.1, 0.15) is 25.1 Å². The second kappa shape index (κ2) is 6.08. The Labute approximate surface area is 132 Å². The minimum absolute atomic E-state index is 0.173. The molecule has 0 aliphatic heterocycles. The third-order valence-electron chi connectivity index (χ3n) is 3.55. The van der Waals surface area contributed by atoms with Crippen molar-refractivity contribution in [3.05, 3.63) is 58.5 Å². The number of aryl methyl sites for hydroxylation is 1. The fourth-order valence-corrected chi connectivity index (χ4v) is 2.51. The highest BCUT2D eigenvalue weighted by atomic mass is 16.4. The zero-order valence-corrected chi connectivity index (χ0v) is 13.0. The van der Waals surface area contributed by atoms with Gasteiger partial charge in [-0.1, -0.05) is 6.92 Å². The standard InChI is InChI=1S/C17H17N3O3/c1-3-13-9-20(10-18-13)8-12-6-17(22)23-16-7-14(19-11(2)21)4-5-15(12)16/h4-7,9-10H,3,8H2,1-2H3,(H,19,21). The van der Waals surface area contributed by atoms with E-state index in [1.54, 1.807) is 18.5 Å². The SMILES string of the molecule is CCc1cn(Cc2cc(=O)oc3cc(NC(C)=O)ccc23)cn1. The summed E-state index contributed by atoms with van der Waals surface area (Å²) in [5.74, 6) is -0.173. The van der Waals surface area contributed by atoms with Crippen LogP contribution in [0, 0.1) is 0 Å². The van der Waals surface area contributed by atoms with Gasteiger partial charge in [-0.3, -0.25) is 4.79 Å². The van der Waals surface area contributed by atoms with Gasteiger partial charge in [0.2, 0.25) is 5.91 Å². The van der Waals surface area contributed by atoms with E-state index in [4.69, 9.17) is 4.42 Å². The first-order valence-electron chi connectivity index (χ1n) is 7.40. The quantitative estimate of drug-likeness (QED) is 0.751. The van der Waals surface area contributed by atoms with Crippen LogP contribution >= 0.6 is 0 Å². The number of nitrogens with one attached hydrogen (secondary N) is 1. The molecule has 0 fully saturated rings. The molecule has 1 aromatic carbocycles. The van der Waals surface area contributed by atoms with Crippen molar-refractivity contribution in [1.29, 1.82) is 0 Å². The Kier molecular flexibility index (Phi) is 3.97. The predicted molar refractivity (Wildman–Crippen MR) is 87.5 cm³/mol. The van der Waals surface area contributed by atoms with Crippen LogP contribution < -0.4 is 10.9 Å². The number of hydrogen-bond donors (Lipinski definition) is 1. The molecule has 0 unspecified atom stereocenters. The number of amides is 1. The molecule has 0 spiro atoms. The molecule has 1 N–H and O–H groups in total. The van der Waals surface area contributed by atoms with Crippen LogP contribution in [0.25, 0.3) is 11.0 Å². The lowest BCUT2D eigenvalue weighted by Gasteiger charge is -2.08. The first-order valence-corrected chi connectivity index (χ1v) is 7.40. The summed E-state index contributed by atoms with van der Waals surface area (Å²) in [7, 11) is 0. The Morgan fingerprint density at radius 2 is 2.17 bits per heavy atom. The Morgan fingerprint density at radius 1 is 1.35 bits per heavy atom. The average Bonchev–Trinajstić information content (AvgIpc) is 2.93. The van der Waals surface area contributed by atoms with E-state index < -0.39 is 5.63 Å². The maximum absolute atomic E-state index is 11.8. The first kappa shape index (κ1) is 15.0. The molecule has 2 aromatic heterocycles. The number of fused-ring (bicyclic) bond motifs is 1. The van der Waals surface area contributed by atoms with Crippen molar-refractivity contribution in [1.82, 2.24) is 9.55 Å². The third kappa shape index (κ3) is 3.31. The van der Waals surface area contributed by atoms with Gasteiger partial charge >= 0.3 is 5.63 Å². The highest BCUT2D eigenvalue weighted by Crippen LogP contribution is 2.22. The molecule has 3 rings (SSSR count). The molecule has 0 saturated heterocycles. The first-order chi connectivity index (χ1) is 11.0. The summed E-state index contributed by atoms with van der Waals surface area (Å²) in [5, 5.41) is 3.52. The van der Waals surface area contributed by atoms with Crippen molar-refractivity contribution >= 4 is 22.6 Å². The number of nitrogens with zero attached hydrogens (tertiary/aromatic N) is 2. The van der Waals surface area contributed by atoms with Gasteiger partial charge in [0.25, 0.3) is 0 Å². The van der Waals surface area contributed by atoms with Crippen molar-refractivity contribution in [2.75, 3.05) is 5.32 Å². The summed E-state index contributed by atoms with van der Waals surface area (Å²) >= 11 is 0. The lowest BCUT2D eigenvalue weighted by atomic mass is 10.1. The van der Waals surface area contributed by atoms with E-state index in [-0.39, 0.29) is 5.91 Å². The zero-order chi connectivity index (χ0) is 16.4. The van der Waals surface area contributed by atoms with Crippen LogP contribution in [0.5, 0.6) is 0 Å². The number of carbonyl (C=O) groups is 1. The van der Waals surface area contributed by atoms with Crippen molar-refractivity contribution < 1.29 is 9.21 Å². The summed E-state index contributed by atoms with van der Waals surface area (Å²) in [5.41, 5.74) is 2.50. The van der Waals surface area contributed by atoms with Crippen LogP contribution in [-0.4, -0.2) is 15.5 Å². The molecule has 0 aliphatic carbocycles. The molecule has 0 bridgehead atoms. The van der Waals surface area contributed by atoms with Crippen molar-refractivity contribution in [2.24, 2.45) is 0 Å². The van der Waals surface area contributed by atoms with E-state index in [1.165, 1.54) is 13.0 Å². The van der Waals surface area contributed by atoms with E-state index >= 15 is 0 Å². The molecular formula is C17H17N3O3. The van der Waals surface area contributed by atoms with Gasteiger partial charge in [0.15, 0.2) is 0 Å². The number of anilines is 1. The maximum Gasteiger partial charge on any atom is 0.336 e. The molecule has 0 atom stereocenters. The van der Waals surface area contributed by atoms with E-state index in [0.29, 0.717) is 17.8 Å². The van der Waals surface area contributed by atoms with Gasteiger partial charge in [-0.15, -0.1) is 0 Å². The molecule has 6 nitrogen and oxygen atoms in total. The average molecular weight is 311 g/mol. The van der Waals surface area contributed by atoms with Gasteiger partial charge in [-0.05, 0) is 24.1 Å². The molecule has 2 heterocycles. The fourth-order valence-electron chi connectivity index (χ4n) is 2.51. The van der Waals surface area contributed by atoms with Crippen LogP contribution in [-0.2, 0) is 17.8 Å². The van der Waals surface area contributed by atoms with Gasteiger partial charge in [0, 0.05) is 42.9 Å². The molecule has 0 radical (unpaired) electrons. The monoisotopic (exact) mass is 311 g/mol. The molecule has 118 valence electrons. The second-order valence-electron chi connectivity index (χ2n) is 5.37. The van der Waals surface area contributed by atoms with Gasteiger partial charge in [-0.2, -0.15) is 0 Å². The highest BCUT2D eigenvalue weighted by Gasteiger charge is 2.08. The lowest BCUT2D eigenvalue weighted by molar-refractivity contribution is -0.114. The summed E-state index contributed by atoms with van der Waals surface area (Å²) in [6.07, 6.45) is 4.59. The minimum atomic E-state index is -0.414. The van der Waals surface area contributed by atoms with Gasteiger partial charge in [0.05, 0.1) is 12.0 Å². The number of carbonyl (C=O) groups excluding carboxylic acids is 1. The number of rotatable bonds is 4. The largest absolute Gasteiger partial charge is 0.423 e. The van der Waals surface area contributed by atoms with Gasteiger partial charge in [-0.25, -0.2) is 9.78 Å². The lowest BCUT2D eigenvalue weighted by Crippen LogP contribution is -2.07. The summed E-state index contributed by atoms with van der Waals surface area (Å²) < 4.78 is 7.20. The number of hydrogen-bond acceptors (Lipinski definition) is 4. The van der Waals surface area contributed by atoms with Crippen LogP contribution in [0.3, 0.4) is 0 Å². The van der Waals surface area contributed by atoms with E-state index in [2.05, 4.69) is 10.3 Å². The van der Waals surface area contributed by atoms with Crippen molar-refractivity contribution in [3.8, 4) is 0 Å². The Bertz CT molecular complexity index is 924. The van der Waals surface area contributed by atoms with E-state index in [1.807, 2.05) is 23.8 Å². The van der Waals surface area contributed by atoms with Gasteiger partial charge in [0.1, 0.15) is 5.58 Å². The van der Waals surface area contributed by atoms with Crippen molar-refractivity contribution in [2.45, 2.75) is 26.8 Å². The molecular weight excluding hydrogens is 294 g/mol. The molecule has 0 saturated carbocycles. The smallest absolute Gasteiger partial charge is 0.336 e. The van der Waals surface area contributed by atoms with E-state index in [9.17, 15) is 9.59 Å². The maximum atomic E-state index is 11.8. The Morgan fingerprint density at radius 3 is 2.87 bits per heavy atom. The Hall–Kier alpha value is -2.89. The highest BCUT2D eigenvalue weighted by molar-refractivity contribution is 5.92. The minimum Gasteiger partial charge on any atom is -0.423 e. The molecule has 1 amide bonds. The van der Waals surface area contributed by atoms with Gasteiger partial charge < -0.3 is 14.3 Å². The van der Waals surface area contributed by atoms with Crippen LogP contribution in [0.15, 0.2) is 46.0 Å².